The summed E-state index contributed by atoms with van der Waals surface area (Å²) in [4.78, 5) is 19.8. The fourth-order valence-electron chi connectivity index (χ4n) is 3.89. The summed E-state index contributed by atoms with van der Waals surface area (Å²) in [7, 11) is 0. The van der Waals surface area contributed by atoms with Crippen molar-refractivity contribution in [1.82, 2.24) is 24.7 Å². The van der Waals surface area contributed by atoms with Gasteiger partial charge in [-0.3, -0.25) is 9.36 Å². The Morgan fingerprint density at radius 1 is 1.06 bits per heavy atom. The predicted octanol–water partition coefficient (Wildman–Crippen LogP) is 5.03. The molecule has 0 unspecified atom stereocenters. The number of aromatic nitrogens is 5. The summed E-state index contributed by atoms with van der Waals surface area (Å²) in [5.41, 5.74) is 1.62. The third-order valence-electron chi connectivity index (χ3n) is 5.61. The molecule has 5 rings (SSSR count). The fourth-order valence-corrected chi connectivity index (χ4v) is 4.72. The van der Waals surface area contributed by atoms with Crippen molar-refractivity contribution in [2.24, 2.45) is 0 Å². The van der Waals surface area contributed by atoms with E-state index in [4.69, 9.17) is 4.74 Å². The van der Waals surface area contributed by atoms with Crippen LogP contribution in [0.3, 0.4) is 0 Å². The molecule has 0 aliphatic rings. The summed E-state index contributed by atoms with van der Waals surface area (Å²) in [6.07, 6.45) is 1.80. The lowest BCUT2D eigenvalue weighted by Crippen LogP contribution is -2.11. The number of ether oxygens (including phenoxy) is 1. The molecule has 0 saturated carbocycles. The Kier molecular flexibility index (Phi) is 6.14. The Balaban J connectivity index is 1.34. The van der Waals surface area contributed by atoms with Crippen molar-refractivity contribution in [3.8, 4) is 5.75 Å². The van der Waals surface area contributed by atoms with Crippen molar-refractivity contribution in [2.45, 2.75) is 31.0 Å². The van der Waals surface area contributed by atoms with Crippen LogP contribution in [0.25, 0.3) is 21.7 Å². The van der Waals surface area contributed by atoms with Crippen LogP contribution in [0.2, 0.25) is 0 Å². The molecule has 2 aromatic heterocycles. The minimum atomic E-state index is -0.145. The highest BCUT2D eigenvalue weighted by molar-refractivity contribution is 7.98. The monoisotopic (exact) mass is 469 g/mol. The minimum absolute atomic E-state index is 0.145. The highest BCUT2D eigenvalue weighted by Crippen LogP contribution is 2.28. The summed E-state index contributed by atoms with van der Waals surface area (Å²) >= 11 is 1.46. The van der Waals surface area contributed by atoms with Gasteiger partial charge >= 0.3 is 0 Å². The van der Waals surface area contributed by atoms with Crippen LogP contribution in [0.15, 0.2) is 83.3 Å². The van der Waals surface area contributed by atoms with Crippen LogP contribution < -0.4 is 10.3 Å². The third kappa shape index (κ3) is 4.32. The summed E-state index contributed by atoms with van der Waals surface area (Å²) in [5, 5.41) is 12.3. The number of rotatable bonds is 8. The third-order valence-corrected chi connectivity index (χ3v) is 6.59. The molecule has 7 nitrogen and oxygen atoms in total. The summed E-state index contributed by atoms with van der Waals surface area (Å²) < 4.78 is 8.10. The smallest absolute Gasteiger partial charge is 0.258 e. The lowest BCUT2D eigenvalue weighted by Gasteiger charge is -2.12. The molecule has 8 heteroatoms. The van der Waals surface area contributed by atoms with Gasteiger partial charge in [0.2, 0.25) is 0 Å². The molecule has 0 fully saturated rings. The SMILES string of the molecule is C=CCn1c(COc2ccc3ccccc3c2C)nnc1SCc1nc2ccccc2c(=O)[nH]1. The van der Waals surface area contributed by atoms with Gasteiger partial charge in [-0.05, 0) is 41.5 Å². The van der Waals surface area contributed by atoms with Crippen molar-refractivity contribution in [2.75, 3.05) is 0 Å². The first-order chi connectivity index (χ1) is 16.6. The van der Waals surface area contributed by atoms with E-state index in [0.717, 1.165) is 11.3 Å². The highest BCUT2D eigenvalue weighted by atomic mass is 32.2. The molecule has 0 spiro atoms. The highest BCUT2D eigenvalue weighted by Gasteiger charge is 2.14. The van der Waals surface area contributed by atoms with Crippen LogP contribution in [-0.4, -0.2) is 24.7 Å². The molecule has 0 aliphatic heterocycles. The standard InChI is InChI=1S/C26H23N5O2S/c1-3-14-31-24(15-33-22-13-12-18-8-4-5-9-19(18)17(22)2)29-30-26(31)34-16-23-27-21-11-7-6-10-20(21)25(32)28-23/h3-13H,1,14-16H2,2H3,(H,27,28,32). The normalized spacial score (nSPS) is 11.2. The summed E-state index contributed by atoms with van der Waals surface area (Å²) in [6, 6.07) is 19.6. The molecule has 0 radical (unpaired) electrons. The van der Waals surface area contributed by atoms with Crippen molar-refractivity contribution in [3.63, 3.8) is 0 Å². The lowest BCUT2D eigenvalue weighted by atomic mass is 10.0. The average molecular weight is 470 g/mol. The molecule has 34 heavy (non-hydrogen) atoms. The van der Waals surface area contributed by atoms with Gasteiger partial charge < -0.3 is 9.72 Å². The molecular formula is C26H23N5O2S. The average Bonchev–Trinajstić information content (AvgIpc) is 3.24. The number of para-hydroxylation sites is 1. The second kappa shape index (κ2) is 9.52. The molecular weight excluding hydrogens is 446 g/mol. The maximum Gasteiger partial charge on any atom is 0.258 e. The minimum Gasteiger partial charge on any atom is -0.485 e. The van der Waals surface area contributed by atoms with Crippen LogP contribution in [0.5, 0.6) is 5.75 Å². The Morgan fingerprint density at radius 3 is 2.71 bits per heavy atom. The molecule has 5 aromatic rings. The Labute approximate surface area is 200 Å². The van der Waals surface area contributed by atoms with Crippen molar-refractivity contribution in [3.05, 3.63) is 101 Å². The van der Waals surface area contributed by atoms with E-state index in [2.05, 4.69) is 51.9 Å². The zero-order valence-electron chi connectivity index (χ0n) is 18.7. The van der Waals surface area contributed by atoms with Crippen LogP contribution in [0.1, 0.15) is 17.2 Å². The van der Waals surface area contributed by atoms with Crippen molar-refractivity contribution >= 4 is 33.4 Å². The van der Waals surface area contributed by atoms with Crippen LogP contribution in [0, 0.1) is 6.92 Å². The number of thioether (sulfide) groups is 1. The predicted molar refractivity (Wildman–Crippen MR) is 135 cm³/mol. The van der Waals surface area contributed by atoms with Crippen LogP contribution in [0.4, 0.5) is 0 Å². The lowest BCUT2D eigenvalue weighted by molar-refractivity contribution is 0.287. The van der Waals surface area contributed by atoms with E-state index in [9.17, 15) is 4.79 Å². The van der Waals surface area contributed by atoms with E-state index >= 15 is 0 Å². The number of nitrogens with one attached hydrogen (secondary N) is 1. The number of benzene rings is 3. The molecule has 0 aliphatic carbocycles. The molecule has 0 atom stereocenters. The van der Waals surface area contributed by atoms with Gasteiger partial charge in [0.15, 0.2) is 11.0 Å². The largest absolute Gasteiger partial charge is 0.485 e. The quantitative estimate of drug-likeness (QED) is 0.253. The van der Waals surface area contributed by atoms with E-state index in [1.165, 1.54) is 22.5 Å². The Hall–Kier alpha value is -3.91. The number of aromatic amines is 1. The Morgan fingerprint density at radius 2 is 1.85 bits per heavy atom. The van der Waals surface area contributed by atoms with E-state index in [0.29, 0.717) is 40.0 Å². The number of aryl methyl sites for hydroxylation is 1. The second-order valence-electron chi connectivity index (χ2n) is 7.82. The van der Waals surface area contributed by atoms with Gasteiger partial charge in [-0.15, -0.1) is 16.8 Å². The van der Waals surface area contributed by atoms with Gasteiger partial charge in [0.05, 0.1) is 16.7 Å². The fraction of sp³-hybridized carbons (Fsp3) is 0.154. The molecule has 170 valence electrons. The molecule has 0 bridgehead atoms. The number of fused-ring (bicyclic) bond motifs is 2. The van der Waals surface area contributed by atoms with Gasteiger partial charge in [0.1, 0.15) is 18.2 Å². The Bertz CT molecular complexity index is 1560. The molecule has 3 aromatic carbocycles. The van der Waals surface area contributed by atoms with Gasteiger partial charge in [0, 0.05) is 6.54 Å². The first-order valence-corrected chi connectivity index (χ1v) is 11.9. The second-order valence-corrected chi connectivity index (χ2v) is 8.76. The molecule has 2 heterocycles. The maximum absolute atomic E-state index is 12.3. The number of nitrogens with zero attached hydrogens (tertiary/aromatic N) is 4. The van der Waals surface area contributed by atoms with Gasteiger partial charge in [-0.25, -0.2) is 4.98 Å². The van der Waals surface area contributed by atoms with Gasteiger partial charge in [-0.1, -0.05) is 60.3 Å². The van der Waals surface area contributed by atoms with E-state index < -0.39 is 0 Å². The number of H-pyrrole nitrogens is 1. The number of hydrogen-bond donors (Lipinski definition) is 1. The van der Waals surface area contributed by atoms with E-state index in [1.54, 1.807) is 12.1 Å². The maximum atomic E-state index is 12.3. The van der Waals surface area contributed by atoms with Gasteiger partial charge in [0.25, 0.3) is 5.56 Å². The van der Waals surface area contributed by atoms with Crippen LogP contribution >= 0.6 is 11.8 Å². The van der Waals surface area contributed by atoms with E-state index in [-0.39, 0.29) is 12.2 Å². The topological polar surface area (TPSA) is 85.7 Å². The zero-order valence-corrected chi connectivity index (χ0v) is 19.5. The first kappa shape index (κ1) is 21.9. The van der Waals surface area contributed by atoms with Crippen molar-refractivity contribution in [1.29, 1.82) is 0 Å². The molecule has 1 N–H and O–H groups in total. The van der Waals surface area contributed by atoms with Crippen molar-refractivity contribution < 1.29 is 4.74 Å². The van der Waals surface area contributed by atoms with E-state index in [1.807, 2.05) is 41.0 Å². The number of allylic oxidation sites excluding steroid dienone is 1. The number of hydrogen-bond acceptors (Lipinski definition) is 6. The summed E-state index contributed by atoms with van der Waals surface area (Å²) in [6.45, 7) is 6.75. The van der Waals surface area contributed by atoms with Crippen LogP contribution in [-0.2, 0) is 18.9 Å². The molecule has 0 saturated heterocycles. The first-order valence-electron chi connectivity index (χ1n) is 10.9. The molecule has 0 amide bonds. The summed E-state index contributed by atoms with van der Waals surface area (Å²) in [5.74, 6) is 2.57. The zero-order chi connectivity index (χ0) is 23.5. The van der Waals surface area contributed by atoms with Gasteiger partial charge in [-0.2, -0.15) is 0 Å².